The first kappa shape index (κ1) is 16.5. The Bertz CT molecular complexity index is 644. The summed E-state index contributed by atoms with van der Waals surface area (Å²) in [4.78, 5) is 16.1. The molecule has 2 atom stereocenters. The van der Waals surface area contributed by atoms with Crippen LogP contribution in [-0.2, 0) is 11.3 Å². The third-order valence-electron chi connectivity index (χ3n) is 3.52. The molecule has 6 nitrogen and oxygen atoms in total. The maximum absolute atomic E-state index is 11.9. The normalized spacial score (nSPS) is 13.6. The second-order valence-electron chi connectivity index (χ2n) is 5.15. The van der Waals surface area contributed by atoms with Crippen LogP contribution in [0.1, 0.15) is 26.2 Å². The van der Waals surface area contributed by atoms with Gasteiger partial charge in [0.25, 0.3) is 0 Å². The molecule has 3 N–H and O–H groups in total. The summed E-state index contributed by atoms with van der Waals surface area (Å²) in [6, 6.07) is 6.61. The van der Waals surface area contributed by atoms with Crippen LogP contribution in [0.15, 0.2) is 28.8 Å². The Hall–Kier alpha value is -1.92. The van der Waals surface area contributed by atoms with Crippen molar-refractivity contribution in [1.29, 1.82) is 0 Å². The summed E-state index contributed by atoms with van der Waals surface area (Å²) in [7, 11) is 0. The topological polar surface area (TPSA) is 94.0 Å². The van der Waals surface area contributed by atoms with Crippen molar-refractivity contribution in [3.63, 3.8) is 0 Å². The minimum atomic E-state index is -0.541. The van der Waals surface area contributed by atoms with E-state index in [0.29, 0.717) is 16.7 Å². The molecule has 0 radical (unpaired) electrons. The molecule has 1 amide bonds. The van der Waals surface area contributed by atoms with E-state index in [4.69, 9.17) is 21.9 Å². The first-order valence-electron chi connectivity index (χ1n) is 7.13. The van der Waals surface area contributed by atoms with Crippen molar-refractivity contribution in [2.45, 2.75) is 32.9 Å². The van der Waals surface area contributed by atoms with Gasteiger partial charge in [0, 0.05) is 10.6 Å². The Balaban J connectivity index is 1.97. The van der Waals surface area contributed by atoms with Crippen molar-refractivity contribution in [2.24, 2.45) is 11.7 Å². The highest BCUT2D eigenvalue weighted by molar-refractivity contribution is 6.30. The minimum Gasteiger partial charge on any atom is -0.346 e. The Morgan fingerprint density at radius 3 is 2.95 bits per heavy atom. The van der Waals surface area contributed by atoms with Gasteiger partial charge in [-0.15, -0.1) is 0 Å². The molecular formula is C15H19ClN4O2. The first-order chi connectivity index (χ1) is 10.5. The summed E-state index contributed by atoms with van der Waals surface area (Å²) in [6.07, 6.45) is 0.841. The van der Waals surface area contributed by atoms with Crippen LogP contribution in [0, 0.1) is 5.92 Å². The van der Waals surface area contributed by atoms with Crippen LogP contribution in [0.5, 0.6) is 0 Å². The number of hydrogen-bond donors (Lipinski definition) is 2. The molecule has 7 heteroatoms. The zero-order valence-electron chi connectivity index (χ0n) is 12.5. The fraction of sp³-hybridized carbons (Fsp3) is 0.400. The number of hydrogen-bond acceptors (Lipinski definition) is 5. The van der Waals surface area contributed by atoms with E-state index in [-0.39, 0.29) is 18.4 Å². The number of carbonyl (C=O) groups excluding carboxylic acids is 1. The third kappa shape index (κ3) is 4.05. The van der Waals surface area contributed by atoms with Gasteiger partial charge >= 0.3 is 0 Å². The van der Waals surface area contributed by atoms with E-state index in [1.54, 1.807) is 18.2 Å². The monoisotopic (exact) mass is 322 g/mol. The summed E-state index contributed by atoms with van der Waals surface area (Å²) < 4.78 is 5.12. The standard InChI is InChI=1S/C15H19ClN4O2/c1-3-9(2)13(17)15(21)18-8-12-19-14(20-22-12)10-5-4-6-11(16)7-10/h4-7,9,13H,3,8,17H2,1-2H3,(H,18,21). The molecule has 0 aliphatic heterocycles. The van der Waals surface area contributed by atoms with Crippen molar-refractivity contribution >= 4 is 17.5 Å². The number of carbonyl (C=O) groups is 1. The number of aromatic nitrogens is 2. The van der Waals surface area contributed by atoms with Gasteiger partial charge in [0.1, 0.15) is 0 Å². The number of nitrogens with zero attached hydrogens (tertiary/aromatic N) is 2. The molecule has 1 heterocycles. The largest absolute Gasteiger partial charge is 0.346 e. The van der Waals surface area contributed by atoms with E-state index < -0.39 is 6.04 Å². The van der Waals surface area contributed by atoms with E-state index in [1.165, 1.54) is 0 Å². The van der Waals surface area contributed by atoms with E-state index in [1.807, 2.05) is 19.9 Å². The molecule has 0 bridgehead atoms. The molecule has 2 rings (SSSR count). The van der Waals surface area contributed by atoms with Crippen LogP contribution < -0.4 is 11.1 Å². The number of benzene rings is 1. The predicted octanol–water partition coefficient (Wildman–Crippen LogP) is 2.38. The second-order valence-corrected chi connectivity index (χ2v) is 5.59. The molecule has 2 aromatic rings. The van der Waals surface area contributed by atoms with Gasteiger partial charge in [0.2, 0.25) is 17.6 Å². The smallest absolute Gasteiger partial charge is 0.246 e. The van der Waals surface area contributed by atoms with E-state index in [0.717, 1.165) is 12.0 Å². The Kier molecular flexibility index (Phi) is 5.51. The number of rotatable bonds is 6. The number of nitrogens with two attached hydrogens (primary N) is 1. The SMILES string of the molecule is CCC(C)C(N)C(=O)NCc1nc(-c2cccc(Cl)c2)no1. The van der Waals surface area contributed by atoms with E-state index >= 15 is 0 Å². The van der Waals surface area contributed by atoms with Gasteiger partial charge in [-0.25, -0.2) is 0 Å². The van der Waals surface area contributed by atoms with Crippen molar-refractivity contribution in [3.8, 4) is 11.4 Å². The highest BCUT2D eigenvalue weighted by Gasteiger charge is 2.19. The molecule has 22 heavy (non-hydrogen) atoms. The lowest BCUT2D eigenvalue weighted by Crippen LogP contribution is -2.44. The van der Waals surface area contributed by atoms with Crippen molar-refractivity contribution in [1.82, 2.24) is 15.5 Å². The molecule has 0 spiro atoms. The molecular weight excluding hydrogens is 304 g/mol. The summed E-state index contributed by atoms with van der Waals surface area (Å²) in [5.74, 6) is 0.638. The summed E-state index contributed by atoms with van der Waals surface area (Å²) in [5.41, 5.74) is 6.61. The molecule has 1 aromatic heterocycles. The average molecular weight is 323 g/mol. The second kappa shape index (κ2) is 7.38. The molecule has 0 aliphatic rings. The quantitative estimate of drug-likeness (QED) is 0.851. The maximum atomic E-state index is 11.9. The van der Waals surface area contributed by atoms with Crippen LogP contribution in [-0.4, -0.2) is 22.1 Å². The third-order valence-corrected chi connectivity index (χ3v) is 3.76. The van der Waals surface area contributed by atoms with Gasteiger partial charge in [0.05, 0.1) is 12.6 Å². The minimum absolute atomic E-state index is 0.115. The zero-order valence-corrected chi connectivity index (χ0v) is 13.3. The maximum Gasteiger partial charge on any atom is 0.246 e. The lowest BCUT2D eigenvalue weighted by molar-refractivity contribution is -0.123. The van der Waals surface area contributed by atoms with Crippen molar-refractivity contribution in [2.75, 3.05) is 0 Å². The average Bonchev–Trinajstić information content (AvgIpc) is 3.00. The predicted molar refractivity (Wildman–Crippen MR) is 84.0 cm³/mol. The van der Waals surface area contributed by atoms with Gasteiger partial charge in [-0.3, -0.25) is 4.79 Å². The van der Waals surface area contributed by atoms with E-state index in [2.05, 4.69) is 15.5 Å². The van der Waals surface area contributed by atoms with Crippen LogP contribution in [0.3, 0.4) is 0 Å². The molecule has 0 saturated heterocycles. The highest BCUT2D eigenvalue weighted by atomic mass is 35.5. The Labute approximate surface area is 134 Å². The van der Waals surface area contributed by atoms with Crippen molar-refractivity contribution < 1.29 is 9.32 Å². The van der Waals surface area contributed by atoms with E-state index in [9.17, 15) is 4.79 Å². The van der Waals surface area contributed by atoms with Gasteiger partial charge in [-0.2, -0.15) is 4.98 Å². The fourth-order valence-corrected chi connectivity index (χ4v) is 2.05. The number of halogens is 1. The van der Waals surface area contributed by atoms with Crippen LogP contribution in [0.2, 0.25) is 5.02 Å². The number of nitrogens with one attached hydrogen (secondary N) is 1. The van der Waals surface area contributed by atoms with Gasteiger partial charge in [0.15, 0.2) is 0 Å². The lowest BCUT2D eigenvalue weighted by Gasteiger charge is -2.16. The molecule has 0 fully saturated rings. The Morgan fingerprint density at radius 1 is 1.50 bits per heavy atom. The summed E-state index contributed by atoms with van der Waals surface area (Å²) in [5, 5.41) is 7.17. The van der Waals surface area contributed by atoms with Gasteiger partial charge in [-0.1, -0.05) is 49.2 Å². The van der Waals surface area contributed by atoms with Crippen molar-refractivity contribution in [3.05, 3.63) is 35.2 Å². The van der Waals surface area contributed by atoms with Crippen LogP contribution in [0.25, 0.3) is 11.4 Å². The first-order valence-corrected chi connectivity index (χ1v) is 7.51. The van der Waals surface area contributed by atoms with Gasteiger partial charge < -0.3 is 15.6 Å². The fourth-order valence-electron chi connectivity index (χ4n) is 1.86. The molecule has 1 aromatic carbocycles. The molecule has 118 valence electrons. The molecule has 0 aliphatic carbocycles. The highest BCUT2D eigenvalue weighted by Crippen LogP contribution is 2.19. The van der Waals surface area contributed by atoms with Gasteiger partial charge in [-0.05, 0) is 18.1 Å². The lowest BCUT2D eigenvalue weighted by atomic mass is 9.99. The van der Waals surface area contributed by atoms with Crippen LogP contribution in [0.4, 0.5) is 0 Å². The molecule has 2 unspecified atom stereocenters. The summed E-state index contributed by atoms with van der Waals surface area (Å²) in [6.45, 7) is 4.08. The van der Waals surface area contributed by atoms with Crippen LogP contribution >= 0.6 is 11.6 Å². The zero-order chi connectivity index (χ0) is 16.1. The Morgan fingerprint density at radius 2 is 2.27 bits per heavy atom. The molecule has 0 saturated carbocycles. The number of amides is 1. The summed E-state index contributed by atoms with van der Waals surface area (Å²) >= 11 is 5.93.